The van der Waals surface area contributed by atoms with E-state index in [4.69, 9.17) is 5.41 Å². The summed E-state index contributed by atoms with van der Waals surface area (Å²) in [4.78, 5) is 0. The van der Waals surface area contributed by atoms with Crippen LogP contribution in [-0.4, -0.2) is 25.2 Å². The van der Waals surface area contributed by atoms with Crippen molar-refractivity contribution in [3.63, 3.8) is 0 Å². The third-order valence-electron chi connectivity index (χ3n) is 1.01. The molecule has 0 spiro atoms. The minimum absolute atomic E-state index is 0.176. The van der Waals surface area contributed by atoms with Crippen molar-refractivity contribution in [3.8, 4) is 0 Å². The molecule has 0 radical (unpaired) electrons. The summed E-state index contributed by atoms with van der Waals surface area (Å²) in [6.07, 6.45) is 5.14. The van der Waals surface area contributed by atoms with Gasteiger partial charge in [-0.25, -0.2) is 0 Å². The molecule has 8 heavy (non-hydrogen) atoms. The Labute approximate surface area is 52.7 Å². The van der Waals surface area contributed by atoms with Gasteiger partial charge in [0.1, 0.15) is 0 Å². The molecule has 0 heterocycles. The van der Waals surface area contributed by atoms with Crippen molar-refractivity contribution < 1.29 is 0 Å². The molecule has 0 fully saturated rings. The number of rotatable bonds is 4. The number of nitrogens with one attached hydrogen (secondary N) is 1. The molecule has 0 saturated carbocycles. The van der Waals surface area contributed by atoms with E-state index in [1.807, 2.05) is 0 Å². The van der Waals surface area contributed by atoms with E-state index >= 15 is 0 Å². The van der Waals surface area contributed by atoms with Gasteiger partial charge in [-0.2, -0.15) is 0 Å². The minimum Gasteiger partial charge on any atom is -0.313 e. The molecule has 0 bridgehead atoms. The molecule has 0 saturated heterocycles. The minimum atomic E-state index is 0.176. The van der Waals surface area contributed by atoms with Crippen LogP contribution in [0.4, 0.5) is 0 Å². The quantitative estimate of drug-likeness (QED) is 0.446. The predicted octanol–water partition coefficient (Wildman–Crippen LogP) is 2.16. The summed E-state index contributed by atoms with van der Waals surface area (Å²) < 4.78 is 0. The molecule has 1 N–H and O–H groups in total. The van der Waals surface area contributed by atoms with Crippen molar-refractivity contribution in [2.75, 3.05) is 19.0 Å². The van der Waals surface area contributed by atoms with Crippen LogP contribution in [0, 0.1) is 5.41 Å². The summed E-state index contributed by atoms with van der Waals surface area (Å²) >= 11 is 0. The molecule has 1 atom stereocenters. The highest BCUT2D eigenvalue weighted by molar-refractivity contribution is 7.57. The van der Waals surface area contributed by atoms with Gasteiger partial charge in [-0.15, -0.1) is 7.92 Å². The largest absolute Gasteiger partial charge is 0.313 e. The first kappa shape index (κ1) is 8.10. The lowest BCUT2D eigenvalue weighted by molar-refractivity contribution is 1.10. The predicted molar refractivity (Wildman–Crippen MR) is 41.7 cm³/mol. The van der Waals surface area contributed by atoms with Crippen molar-refractivity contribution in [1.82, 2.24) is 0 Å². The van der Waals surface area contributed by atoms with Crippen LogP contribution in [0.2, 0.25) is 0 Å². The van der Waals surface area contributed by atoms with Gasteiger partial charge >= 0.3 is 0 Å². The molecular weight excluding hydrogens is 117 g/mol. The van der Waals surface area contributed by atoms with Crippen LogP contribution in [0.25, 0.3) is 0 Å². The Hall–Kier alpha value is 0.100. The molecule has 0 aromatic heterocycles. The molecule has 0 aliphatic heterocycles. The zero-order valence-corrected chi connectivity index (χ0v) is 6.54. The zero-order valence-electron chi connectivity index (χ0n) is 5.65. The second kappa shape index (κ2) is 5.24. The lowest BCUT2D eigenvalue weighted by Crippen LogP contribution is -1.86. The Kier molecular flexibility index (Phi) is 5.31. The summed E-state index contributed by atoms with van der Waals surface area (Å²) in [6.45, 7) is 4.45. The number of hydrogen-bond donors (Lipinski definition) is 1. The van der Waals surface area contributed by atoms with Gasteiger partial charge in [0.05, 0.1) is 0 Å². The second-order valence-corrected chi connectivity index (χ2v) is 4.49. The fourth-order valence-corrected chi connectivity index (χ4v) is 1.89. The van der Waals surface area contributed by atoms with Crippen LogP contribution in [0.3, 0.4) is 0 Å². The van der Waals surface area contributed by atoms with Gasteiger partial charge in [-0.3, -0.25) is 0 Å². The Balaban J connectivity index is 3.03. The highest BCUT2D eigenvalue weighted by Gasteiger charge is 1.93. The summed E-state index contributed by atoms with van der Waals surface area (Å²) in [7, 11) is 0.176. The molecule has 1 nitrogen and oxygen atoms in total. The van der Waals surface area contributed by atoms with Crippen LogP contribution in [0.15, 0.2) is 0 Å². The van der Waals surface area contributed by atoms with Crippen LogP contribution < -0.4 is 0 Å². The maximum Gasteiger partial charge on any atom is 0.00216 e. The van der Waals surface area contributed by atoms with Gasteiger partial charge in [0.15, 0.2) is 0 Å². The van der Waals surface area contributed by atoms with Gasteiger partial charge in [-0.05, 0) is 19.0 Å². The van der Waals surface area contributed by atoms with Crippen molar-refractivity contribution >= 4 is 14.1 Å². The van der Waals surface area contributed by atoms with Gasteiger partial charge in [0, 0.05) is 6.16 Å². The van der Waals surface area contributed by atoms with E-state index in [9.17, 15) is 0 Å². The first-order valence-electron chi connectivity index (χ1n) is 2.98. The van der Waals surface area contributed by atoms with Crippen LogP contribution >= 0.6 is 7.92 Å². The fourth-order valence-electron chi connectivity index (χ4n) is 0.629. The summed E-state index contributed by atoms with van der Waals surface area (Å²) in [5, 5.41) is 6.80. The first-order chi connectivity index (χ1) is 3.81. The molecule has 0 aromatic rings. The summed E-state index contributed by atoms with van der Waals surface area (Å²) in [5.41, 5.74) is 0. The van der Waals surface area contributed by atoms with Gasteiger partial charge in [-0.1, -0.05) is 13.3 Å². The third-order valence-corrected chi connectivity index (χ3v) is 3.02. The molecule has 48 valence electrons. The maximum absolute atomic E-state index is 6.80. The molecule has 0 aromatic carbocycles. The fraction of sp³-hybridized carbons (Fsp3) is 0.833. The smallest absolute Gasteiger partial charge is 0.00216 e. The van der Waals surface area contributed by atoms with E-state index in [-0.39, 0.29) is 7.92 Å². The van der Waals surface area contributed by atoms with Crippen molar-refractivity contribution in [2.24, 2.45) is 0 Å². The van der Waals surface area contributed by atoms with E-state index in [1.165, 1.54) is 18.8 Å². The molecule has 0 rings (SSSR count). The third kappa shape index (κ3) is 4.26. The number of hydrogen-bond acceptors (Lipinski definition) is 1. The van der Waals surface area contributed by atoms with Crippen LogP contribution in [0.1, 0.15) is 13.3 Å². The van der Waals surface area contributed by atoms with Gasteiger partial charge in [0.25, 0.3) is 0 Å². The van der Waals surface area contributed by atoms with Gasteiger partial charge < -0.3 is 5.41 Å². The summed E-state index contributed by atoms with van der Waals surface area (Å²) in [5.74, 6) is 0. The SMILES string of the molecule is CCCP(C)CC=N. The van der Waals surface area contributed by atoms with Crippen molar-refractivity contribution in [1.29, 1.82) is 5.41 Å². The molecule has 0 amide bonds. The average Bonchev–Trinajstić information content (AvgIpc) is 1.68. The van der Waals surface area contributed by atoms with Crippen LogP contribution in [-0.2, 0) is 0 Å². The molecule has 2 heteroatoms. The topological polar surface area (TPSA) is 23.9 Å². The van der Waals surface area contributed by atoms with E-state index in [1.54, 1.807) is 0 Å². The van der Waals surface area contributed by atoms with E-state index in [0.717, 1.165) is 6.16 Å². The lowest BCUT2D eigenvalue weighted by atomic mass is 10.6. The lowest BCUT2D eigenvalue weighted by Gasteiger charge is -2.04. The van der Waals surface area contributed by atoms with Crippen molar-refractivity contribution in [2.45, 2.75) is 13.3 Å². The standard InChI is InChI=1S/C6H14NP/c1-3-5-8(2)6-4-7/h4,7H,3,5-6H2,1-2H3. The zero-order chi connectivity index (χ0) is 6.41. The Morgan fingerprint density at radius 3 is 2.62 bits per heavy atom. The molecular formula is C6H14NP. The Bertz CT molecular complexity index is 63.5. The van der Waals surface area contributed by atoms with E-state index < -0.39 is 0 Å². The normalized spacial score (nSPS) is 13.2. The van der Waals surface area contributed by atoms with Crippen LogP contribution in [0.5, 0.6) is 0 Å². The maximum atomic E-state index is 6.80. The monoisotopic (exact) mass is 131 g/mol. The molecule has 1 unspecified atom stereocenters. The second-order valence-electron chi connectivity index (χ2n) is 1.97. The van der Waals surface area contributed by atoms with E-state index in [0.29, 0.717) is 0 Å². The van der Waals surface area contributed by atoms with E-state index in [2.05, 4.69) is 13.6 Å². The molecule has 0 aliphatic rings. The Morgan fingerprint density at radius 2 is 2.25 bits per heavy atom. The summed E-state index contributed by atoms with van der Waals surface area (Å²) in [6, 6.07) is 0. The van der Waals surface area contributed by atoms with Crippen molar-refractivity contribution in [3.05, 3.63) is 0 Å². The highest BCUT2D eigenvalue weighted by atomic mass is 31.1. The average molecular weight is 131 g/mol. The highest BCUT2D eigenvalue weighted by Crippen LogP contribution is 2.28. The molecule has 0 aliphatic carbocycles. The Morgan fingerprint density at radius 1 is 1.62 bits per heavy atom. The first-order valence-corrected chi connectivity index (χ1v) is 5.14. The van der Waals surface area contributed by atoms with Gasteiger partial charge in [0.2, 0.25) is 0 Å².